The maximum Gasteiger partial charge on any atom is 0.250 e. The Bertz CT molecular complexity index is 377. The normalized spacial score (nSPS) is 12.1. The minimum absolute atomic E-state index is 0.0791. The summed E-state index contributed by atoms with van der Waals surface area (Å²) in [5.74, 6) is -0.0108. The molecular formula is C12H18N2O2. The largest absolute Gasteiger partial charge is 0.489 e. The smallest absolute Gasteiger partial charge is 0.250 e. The van der Waals surface area contributed by atoms with Crippen molar-refractivity contribution in [2.75, 3.05) is 5.73 Å². The highest BCUT2D eigenvalue weighted by molar-refractivity contribution is 5.99. The third-order valence-corrected chi connectivity index (χ3v) is 2.35. The van der Waals surface area contributed by atoms with Gasteiger partial charge in [0.05, 0.1) is 17.4 Å². The molecule has 1 aromatic carbocycles. The molecule has 0 aliphatic carbocycles. The summed E-state index contributed by atoms with van der Waals surface area (Å²) in [5, 5.41) is 0. The van der Waals surface area contributed by atoms with Crippen molar-refractivity contribution in [3.63, 3.8) is 0 Å². The molecule has 1 unspecified atom stereocenters. The molecule has 0 aliphatic heterocycles. The second kappa shape index (κ2) is 5.39. The lowest BCUT2D eigenvalue weighted by Gasteiger charge is -2.16. The van der Waals surface area contributed by atoms with Gasteiger partial charge in [-0.1, -0.05) is 19.4 Å². The number of rotatable bonds is 5. The Morgan fingerprint density at radius 1 is 1.50 bits per heavy atom. The molecule has 0 aliphatic rings. The number of carbonyl (C=O) groups is 1. The van der Waals surface area contributed by atoms with Gasteiger partial charge in [-0.05, 0) is 25.5 Å². The van der Waals surface area contributed by atoms with Gasteiger partial charge < -0.3 is 16.2 Å². The first-order valence-electron chi connectivity index (χ1n) is 5.41. The zero-order valence-corrected chi connectivity index (χ0v) is 9.69. The van der Waals surface area contributed by atoms with E-state index < -0.39 is 5.91 Å². The quantitative estimate of drug-likeness (QED) is 0.747. The Balaban J connectivity index is 2.89. The fourth-order valence-electron chi connectivity index (χ4n) is 1.54. The third kappa shape index (κ3) is 2.89. The number of hydrogen-bond acceptors (Lipinski definition) is 3. The van der Waals surface area contributed by atoms with E-state index in [-0.39, 0.29) is 6.10 Å². The summed E-state index contributed by atoms with van der Waals surface area (Å²) in [4.78, 5) is 11.1. The van der Waals surface area contributed by atoms with Crippen molar-refractivity contribution >= 4 is 11.6 Å². The zero-order valence-electron chi connectivity index (χ0n) is 9.69. The van der Waals surface area contributed by atoms with E-state index >= 15 is 0 Å². The fraction of sp³-hybridized carbons (Fsp3) is 0.417. The maximum absolute atomic E-state index is 11.1. The van der Waals surface area contributed by atoms with E-state index in [0.717, 1.165) is 12.8 Å². The number of nitrogens with two attached hydrogens (primary N) is 2. The Morgan fingerprint density at radius 2 is 2.19 bits per heavy atom. The van der Waals surface area contributed by atoms with E-state index in [4.69, 9.17) is 16.2 Å². The molecule has 0 fully saturated rings. The molecule has 0 spiro atoms. The average Bonchev–Trinajstić information content (AvgIpc) is 2.21. The summed E-state index contributed by atoms with van der Waals surface area (Å²) in [6, 6.07) is 5.05. The summed E-state index contributed by atoms with van der Waals surface area (Å²) < 4.78 is 5.64. The molecule has 1 atom stereocenters. The molecule has 0 heterocycles. The van der Waals surface area contributed by atoms with E-state index in [1.807, 2.05) is 6.92 Å². The summed E-state index contributed by atoms with van der Waals surface area (Å²) in [6.07, 6.45) is 2.06. The van der Waals surface area contributed by atoms with E-state index in [1.54, 1.807) is 18.2 Å². The van der Waals surface area contributed by atoms with E-state index in [9.17, 15) is 4.79 Å². The molecule has 4 nitrogen and oxygen atoms in total. The zero-order chi connectivity index (χ0) is 12.1. The predicted molar refractivity (Wildman–Crippen MR) is 64.4 cm³/mol. The second-order valence-corrected chi connectivity index (χ2v) is 3.80. The van der Waals surface area contributed by atoms with Crippen molar-refractivity contribution in [3.8, 4) is 5.75 Å². The minimum atomic E-state index is -0.536. The number of nitrogen functional groups attached to an aromatic ring is 1. The van der Waals surface area contributed by atoms with E-state index in [0.29, 0.717) is 17.0 Å². The highest BCUT2D eigenvalue weighted by Crippen LogP contribution is 2.26. The number of hydrogen-bond donors (Lipinski definition) is 2. The van der Waals surface area contributed by atoms with Crippen LogP contribution in [-0.4, -0.2) is 12.0 Å². The lowest BCUT2D eigenvalue weighted by atomic mass is 10.1. The van der Waals surface area contributed by atoms with Crippen LogP contribution in [0, 0.1) is 0 Å². The van der Waals surface area contributed by atoms with Gasteiger partial charge in [-0.3, -0.25) is 4.79 Å². The van der Waals surface area contributed by atoms with Gasteiger partial charge >= 0.3 is 0 Å². The SMILES string of the molecule is CCCC(C)Oc1cccc(C(N)=O)c1N. The Kier molecular flexibility index (Phi) is 4.17. The molecule has 1 amide bonds. The van der Waals surface area contributed by atoms with Crippen molar-refractivity contribution in [3.05, 3.63) is 23.8 Å². The van der Waals surface area contributed by atoms with Crippen LogP contribution in [0.3, 0.4) is 0 Å². The highest BCUT2D eigenvalue weighted by Gasteiger charge is 2.12. The van der Waals surface area contributed by atoms with Crippen molar-refractivity contribution in [1.29, 1.82) is 0 Å². The molecule has 88 valence electrons. The Morgan fingerprint density at radius 3 is 2.75 bits per heavy atom. The van der Waals surface area contributed by atoms with Crippen LogP contribution in [0.4, 0.5) is 5.69 Å². The van der Waals surface area contributed by atoms with Gasteiger partial charge in [0.15, 0.2) is 0 Å². The number of ether oxygens (including phenoxy) is 1. The first-order chi connectivity index (χ1) is 7.56. The topological polar surface area (TPSA) is 78.3 Å². The predicted octanol–water partition coefficient (Wildman–Crippen LogP) is 1.94. The number of para-hydroxylation sites is 1. The van der Waals surface area contributed by atoms with Gasteiger partial charge in [0.25, 0.3) is 5.91 Å². The third-order valence-electron chi connectivity index (χ3n) is 2.35. The number of benzene rings is 1. The van der Waals surface area contributed by atoms with Crippen molar-refractivity contribution < 1.29 is 9.53 Å². The van der Waals surface area contributed by atoms with E-state index in [1.165, 1.54) is 0 Å². The first-order valence-corrected chi connectivity index (χ1v) is 5.41. The molecule has 0 saturated carbocycles. The number of anilines is 1. The first kappa shape index (κ1) is 12.4. The van der Waals surface area contributed by atoms with Gasteiger partial charge in [-0.25, -0.2) is 0 Å². The van der Waals surface area contributed by atoms with Crippen LogP contribution in [-0.2, 0) is 0 Å². The standard InChI is InChI=1S/C12H18N2O2/c1-3-5-8(2)16-10-7-4-6-9(11(10)13)12(14)15/h4,6-8H,3,5,13H2,1-2H3,(H2,14,15). The summed E-state index contributed by atoms with van der Waals surface area (Å²) >= 11 is 0. The van der Waals surface area contributed by atoms with Crippen molar-refractivity contribution in [2.45, 2.75) is 32.8 Å². The molecule has 1 rings (SSSR count). The maximum atomic E-state index is 11.1. The summed E-state index contributed by atoms with van der Waals surface area (Å²) in [5.41, 5.74) is 11.6. The van der Waals surface area contributed by atoms with Gasteiger partial charge in [0.2, 0.25) is 0 Å². The molecular weight excluding hydrogens is 204 g/mol. The monoisotopic (exact) mass is 222 g/mol. The van der Waals surface area contributed by atoms with Gasteiger partial charge in [-0.2, -0.15) is 0 Å². The van der Waals surface area contributed by atoms with Crippen LogP contribution >= 0.6 is 0 Å². The van der Waals surface area contributed by atoms with Gasteiger partial charge in [0.1, 0.15) is 5.75 Å². The van der Waals surface area contributed by atoms with Crippen LogP contribution in [0.25, 0.3) is 0 Å². The molecule has 16 heavy (non-hydrogen) atoms. The Labute approximate surface area is 95.6 Å². The minimum Gasteiger partial charge on any atom is -0.489 e. The van der Waals surface area contributed by atoms with Gasteiger partial charge in [-0.15, -0.1) is 0 Å². The summed E-state index contributed by atoms with van der Waals surface area (Å²) in [6.45, 7) is 4.06. The van der Waals surface area contributed by atoms with Crippen LogP contribution < -0.4 is 16.2 Å². The lowest BCUT2D eigenvalue weighted by Crippen LogP contribution is -2.16. The molecule has 0 saturated heterocycles. The fourth-order valence-corrected chi connectivity index (χ4v) is 1.54. The molecule has 0 radical (unpaired) electrons. The molecule has 4 heteroatoms. The summed E-state index contributed by atoms with van der Waals surface area (Å²) in [7, 11) is 0. The highest BCUT2D eigenvalue weighted by atomic mass is 16.5. The molecule has 0 bridgehead atoms. The molecule has 4 N–H and O–H groups in total. The second-order valence-electron chi connectivity index (χ2n) is 3.80. The van der Waals surface area contributed by atoms with Gasteiger partial charge in [0, 0.05) is 0 Å². The van der Waals surface area contributed by atoms with Crippen LogP contribution in [0.2, 0.25) is 0 Å². The molecule has 0 aromatic heterocycles. The molecule has 1 aromatic rings. The average molecular weight is 222 g/mol. The van der Waals surface area contributed by atoms with Crippen molar-refractivity contribution in [2.24, 2.45) is 5.73 Å². The lowest BCUT2D eigenvalue weighted by molar-refractivity contribution is 0.100. The van der Waals surface area contributed by atoms with Crippen LogP contribution in [0.15, 0.2) is 18.2 Å². The number of primary amides is 1. The van der Waals surface area contributed by atoms with Crippen LogP contribution in [0.5, 0.6) is 5.75 Å². The van der Waals surface area contributed by atoms with E-state index in [2.05, 4.69) is 6.92 Å². The van der Waals surface area contributed by atoms with Crippen LogP contribution in [0.1, 0.15) is 37.0 Å². The van der Waals surface area contributed by atoms with Crippen molar-refractivity contribution in [1.82, 2.24) is 0 Å². The number of carbonyl (C=O) groups excluding carboxylic acids is 1. The Hall–Kier alpha value is -1.71. The number of amides is 1.